The summed E-state index contributed by atoms with van der Waals surface area (Å²) in [5, 5.41) is 19.8. The highest BCUT2D eigenvalue weighted by Crippen LogP contribution is 2.43. The normalized spacial score (nSPS) is 12.8. The van der Waals surface area contributed by atoms with Crippen molar-refractivity contribution >= 4 is 25.2 Å². The van der Waals surface area contributed by atoms with Crippen molar-refractivity contribution in [3.8, 4) is 16.9 Å². The average Bonchev–Trinajstić information content (AvgIpc) is 2.50. The molecule has 0 saturated carbocycles. The fourth-order valence-corrected chi connectivity index (χ4v) is 3.20. The second-order valence-electron chi connectivity index (χ2n) is 5.62. The van der Waals surface area contributed by atoms with E-state index in [1.165, 1.54) is 6.07 Å². The Morgan fingerprint density at radius 2 is 1.68 bits per heavy atom. The van der Waals surface area contributed by atoms with Gasteiger partial charge in [0.25, 0.3) is 0 Å². The van der Waals surface area contributed by atoms with Gasteiger partial charge in [0, 0.05) is 17.0 Å². The van der Waals surface area contributed by atoms with Crippen LogP contribution >= 0.6 is 19.2 Å². The molecule has 1 atom stereocenters. The van der Waals surface area contributed by atoms with Crippen LogP contribution in [0.25, 0.3) is 11.1 Å². The first kappa shape index (κ1) is 19.4. The summed E-state index contributed by atoms with van der Waals surface area (Å²) in [6.07, 6.45) is -0.855. The molecule has 0 spiro atoms. The number of carbonyl (C=O) groups is 1. The molecule has 0 bridgehead atoms. The van der Waals surface area contributed by atoms with Crippen LogP contribution in [0.4, 0.5) is 0 Å². The van der Waals surface area contributed by atoms with Gasteiger partial charge in [0.05, 0.1) is 6.16 Å². The third-order valence-electron chi connectivity index (χ3n) is 3.58. The fraction of sp³-hybridized carbons (Fsp3) is 0.188. The lowest BCUT2D eigenvalue weighted by atomic mass is 9.96. The summed E-state index contributed by atoms with van der Waals surface area (Å²) in [6.45, 7) is 0. The molecule has 0 aliphatic rings. The second-order valence-corrected chi connectivity index (χ2v) is 7.70. The fourth-order valence-electron chi connectivity index (χ4n) is 2.39. The number of rotatable bonds is 6. The Morgan fingerprint density at radius 3 is 2.20 bits per heavy atom. The molecule has 0 heterocycles. The van der Waals surface area contributed by atoms with E-state index in [2.05, 4.69) is 0 Å². The Labute approximate surface area is 148 Å². The molecule has 9 heteroatoms. The SMILES string of the molecule is N[C@@H](Cc1cc(-c2ccc(Cl)cc2)cc(CP(=O)(O)O)c1O)C(=O)O. The Kier molecular flexibility index (Phi) is 5.87. The Hall–Kier alpha value is -1.89. The lowest BCUT2D eigenvalue weighted by Crippen LogP contribution is -2.32. The third-order valence-corrected chi connectivity index (χ3v) is 4.58. The molecular formula is C16H17ClNO6P. The van der Waals surface area contributed by atoms with Crippen LogP contribution in [0, 0.1) is 0 Å². The number of halogens is 1. The minimum Gasteiger partial charge on any atom is -0.507 e. The van der Waals surface area contributed by atoms with E-state index in [0.717, 1.165) is 0 Å². The quantitative estimate of drug-likeness (QED) is 0.480. The van der Waals surface area contributed by atoms with Gasteiger partial charge in [0.1, 0.15) is 11.8 Å². The van der Waals surface area contributed by atoms with Crippen LogP contribution in [0.3, 0.4) is 0 Å². The topological polar surface area (TPSA) is 141 Å². The predicted molar refractivity (Wildman–Crippen MR) is 93.6 cm³/mol. The van der Waals surface area contributed by atoms with Gasteiger partial charge in [0.2, 0.25) is 0 Å². The molecule has 0 aliphatic carbocycles. The number of hydrogen-bond donors (Lipinski definition) is 5. The van der Waals surface area contributed by atoms with Crippen LogP contribution < -0.4 is 5.73 Å². The lowest BCUT2D eigenvalue weighted by Gasteiger charge is -2.15. The van der Waals surface area contributed by atoms with Crippen molar-refractivity contribution in [1.82, 2.24) is 0 Å². The molecule has 0 saturated heterocycles. The molecule has 134 valence electrons. The van der Waals surface area contributed by atoms with Gasteiger partial charge < -0.3 is 25.7 Å². The smallest absolute Gasteiger partial charge is 0.330 e. The summed E-state index contributed by atoms with van der Waals surface area (Å²) in [4.78, 5) is 29.4. The van der Waals surface area contributed by atoms with E-state index in [-0.39, 0.29) is 23.3 Å². The number of carboxylic acids is 1. The molecule has 0 unspecified atom stereocenters. The number of nitrogens with two attached hydrogens (primary N) is 1. The Morgan fingerprint density at radius 1 is 1.12 bits per heavy atom. The van der Waals surface area contributed by atoms with Crippen molar-refractivity contribution in [2.75, 3.05) is 0 Å². The van der Waals surface area contributed by atoms with Crippen LogP contribution in [-0.4, -0.2) is 32.0 Å². The number of hydrogen-bond acceptors (Lipinski definition) is 4. The van der Waals surface area contributed by atoms with E-state index < -0.39 is 25.8 Å². The van der Waals surface area contributed by atoms with Crippen LogP contribution in [0.15, 0.2) is 36.4 Å². The van der Waals surface area contributed by atoms with E-state index in [0.29, 0.717) is 16.1 Å². The molecule has 2 aromatic carbocycles. The van der Waals surface area contributed by atoms with Gasteiger partial charge in [-0.1, -0.05) is 23.7 Å². The predicted octanol–water partition coefficient (Wildman–Crippen LogP) is 2.34. The van der Waals surface area contributed by atoms with Crippen molar-refractivity contribution in [1.29, 1.82) is 0 Å². The highest BCUT2D eigenvalue weighted by Gasteiger charge is 2.22. The third kappa shape index (κ3) is 5.29. The first-order chi connectivity index (χ1) is 11.6. The average molecular weight is 386 g/mol. The van der Waals surface area contributed by atoms with E-state index >= 15 is 0 Å². The standard InChI is InChI=1S/C16H17ClNO6P/c17-13-3-1-9(2-4-13)10-5-11(7-14(18)16(20)21)15(19)12(6-10)8-25(22,23)24/h1-6,14,19H,7-8,18H2,(H,20,21)(H2,22,23,24)/t14-/m0/s1. The van der Waals surface area contributed by atoms with Crippen molar-refractivity contribution in [2.24, 2.45) is 5.73 Å². The summed E-state index contributed by atoms with van der Waals surface area (Å²) in [7, 11) is -4.44. The van der Waals surface area contributed by atoms with Crippen molar-refractivity contribution in [3.63, 3.8) is 0 Å². The van der Waals surface area contributed by atoms with Crippen LogP contribution in [0.1, 0.15) is 11.1 Å². The van der Waals surface area contributed by atoms with Gasteiger partial charge in [-0.3, -0.25) is 9.36 Å². The highest BCUT2D eigenvalue weighted by molar-refractivity contribution is 7.50. The maximum atomic E-state index is 11.3. The molecule has 6 N–H and O–H groups in total. The number of aromatic hydroxyl groups is 1. The summed E-state index contributed by atoms with van der Waals surface area (Å²) in [6, 6.07) is 8.45. The van der Waals surface area contributed by atoms with Crippen molar-refractivity contribution in [3.05, 3.63) is 52.5 Å². The molecule has 0 amide bonds. The first-order valence-electron chi connectivity index (χ1n) is 7.20. The number of benzene rings is 2. The summed E-state index contributed by atoms with van der Waals surface area (Å²) < 4.78 is 11.3. The number of aliphatic carboxylic acids is 1. The van der Waals surface area contributed by atoms with Gasteiger partial charge in [-0.15, -0.1) is 0 Å². The first-order valence-corrected chi connectivity index (χ1v) is 9.38. The van der Waals surface area contributed by atoms with Crippen LogP contribution in [-0.2, 0) is 21.9 Å². The molecule has 0 aliphatic heterocycles. The molecule has 2 aromatic rings. The monoisotopic (exact) mass is 385 g/mol. The van der Waals surface area contributed by atoms with E-state index in [4.69, 9.17) is 22.4 Å². The van der Waals surface area contributed by atoms with E-state index in [9.17, 15) is 24.3 Å². The molecule has 7 nitrogen and oxygen atoms in total. The Balaban J connectivity index is 2.55. The summed E-state index contributed by atoms with van der Waals surface area (Å²) >= 11 is 5.85. The van der Waals surface area contributed by atoms with E-state index in [1.54, 1.807) is 30.3 Å². The zero-order chi connectivity index (χ0) is 18.8. The lowest BCUT2D eigenvalue weighted by molar-refractivity contribution is -0.138. The second kappa shape index (κ2) is 7.56. The molecule has 0 fully saturated rings. The van der Waals surface area contributed by atoms with Gasteiger partial charge in [-0.05, 0) is 41.0 Å². The van der Waals surface area contributed by atoms with E-state index in [1.807, 2.05) is 0 Å². The maximum absolute atomic E-state index is 11.3. The van der Waals surface area contributed by atoms with Crippen LogP contribution in [0.5, 0.6) is 5.75 Å². The van der Waals surface area contributed by atoms with Gasteiger partial charge >= 0.3 is 13.6 Å². The summed E-state index contributed by atoms with van der Waals surface area (Å²) in [5.41, 5.74) is 7.00. The molecule has 0 radical (unpaired) electrons. The summed E-state index contributed by atoms with van der Waals surface area (Å²) in [5.74, 6) is -1.61. The minimum atomic E-state index is -4.44. The number of phenolic OH excluding ortho intramolecular Hbond substituents is 1. The molecular weight excluding hydrogens is 369 g/mol. The highest BCUT2D eigenvalue weighted by atomic mass is 35.5. The molecule has 25 heavy (non-hydrogen) atoms. The molecule has 2 rings (SSSR count). The van der Waals surface area contributed by atoms with Crippen LogP contribution in [0.2, 0.25) is 5.02 Å². The zero-order valence-electron chi connectivity index (χ0n) is 13.0. The van der Waals surface area contributed by atoms with Crippen molar-refractivity contribution < 1.29 is 29.4 Å². The zero-order valence-corrected chi connectivity index (χ0v) is 14.6. The van der Waals surface area contributed by atoms with Gasteiger partial charge in [0.15, 0.2) is 0 Å². The minimum absolute atomic E-state index is 0.0216. The van der Waals surface area contributed by atoms with Gasteiger partial charge in [-0.25, -0.2) is 0 Å². The molecule has 0 aromatic heterocycles. The number of phenols is 1. The number of carboxylic acid groups (broad SMARTS) is 1. The maximum Gasteiger partial charge on any atom is 0.330 e. The van der Waals surface area contributed by atoms with Crippen molar-refractivity contribution in [2.45, 2.75) is 18.6 Å². The Bertz CT molecular complexity index is 833. The van der Waals surface area contributed by atoms with Gasteiger partial charge in [-0.2, -0.15) is 0 Å². The largest absolute Gasteiger partial charge is 0.507 e.